The molecule has 0 aliphatic rings. The second-order valence-corrected chi connectivity index (χ2v) is 8.52. The average molecular weight is 499 g/mol. The van der Waals surface area contributed by atoms with Gasteiger partial charge in [-0.3, -0.25) is 9.63 Å². The molecule has 2 aromatic heterocycles. The first-order valence-electron chi connectivity index (χ1n) is 11.1. The van der Waals surface area contributed by atoms with Gasteiger partial charge < -0.3 is 19.5 Å². The van der Waals surface area contributed by atoms with E-state index in [1.807, 2.05) is 0 Å². The van der Waals surface area contributed by atoms with Gasteiger partial charge >= 0.3 is 12.0 Å². The van der Waals surface area contributed by atoms with Gasteiger partial charge in [-0.15, -0.1) is 5.10 Å². The number of nitrogens with one attached hydrogen (secondary N) is 1. The van der Waals surface area contributed by atoms with E-state index < -0.39 is 17.6 Å². The molecule has 1 aromatic carbocycles. The molecule has 12 nitrogen and oxygen atoms in total. The highest BCUT2D eigenvalue weighted by Crippen LogP contribution is 2.24. The average Bonchev–Trinajstić information content (AvgIpc) is 3.30. The first-order chi connectivity index (χ1) is 17.1. The Morgan fingerprint density at radius 1 is 1.08 bits per heavy atom. The van der Waals surface area contributed by atoms with Crippen LogP contribution in [0.2, 0.25) is 0 Å². The Morgan fingerprint density at radius 3 is 2.39 bits per heavy atom. The molecule has 0 saturated carbocycles. The second kappa shape index (κ2) is 11.5. The van der Waals surface area contributed by atoms with E-state index in [1.165, 1.54) is 25.9 Å². The Bertz CT molecular complexity index is 1170. The fraction of sp³-hybridized carbons (Fsp3) is 0.375. The van der Waals surface area contributed by atoms with Crippen LogP contribution in [-0.2, 0) is 9.57 Å². The van der Waals surface area contributed by atoms with Crippen LogP contribution in [0.15, 0.2) is 42.6 Å². The predicted octanol–water partition coefficient (Wildman–Crippen LogP) is 2.87. The lowest BCUT2D eigenvalue weighted by molar-refractivity contribution is -0.0764. The topological polar surface area (TPSA) is 130 Å². The van der Waals surface area contributed by atoms with E-state index in [2.05, 4.69) is 20.4 Å². The molecule has 0 radical (unpaired) electrons. The number of amides is 2. The summed E-state index contributed by atoms with van der Waals surface area (Å²) in [5.41, 5.74) is 0.717. The summed E-state index contributed by atoms with van der Waals surface area (Å²) in [4.78, 5) is 37.9. The third-order valence-corrected chi connectivity index (χ3v) is 4.68. The van der Waals surface area contributed by atoms with Gasteiger partial charge in [0.2, 0.25) is 11.7 Å². The maximum atomic E-state index is 12.6. The predicted molar refractivity (Wildman–Crippen MR) is 130 cm³/mol. The Hall–Kier alpha value is -4.19. The molecule has 192 valence electrons. The summed E-state index contributed by atoms with van der Waals surface area (Å²) in [6, 6.07) is 10.6. The van der Waals surface area contributed by atoms with Crippen molar-refractivity contribution in [3.8, 4) is 28.7 Å². The second-order valence-electron chi connectivity index (χ2n) is 8.52. The van der Waals surface area contributed by atoms with Crippen LogP contribution in [0.4, 0.5) is 4.79 Å². The summed E-state index contributed by atoms with van der Waals surface area (Å²) in [7, 11) is 4.38. The van der Waals surface area contributed by atoms with E-state index in [4.69, 9.17) is 19.0 Å². The van der Waals surface area contributed by atoms with Gasteiger partial charge in [0.25, 0.3) is 0 Å². The van der Waals surface area contributed by atoms with Crippen molar-refractivity contribution < 1.29 is 28.6 Å². The standard InChI is InChI=1S/C24H30N6O6/c1-24(2,3)36-23(32)25-13-14-35-18-10-7-16(8-11-18)21-27-20(22(31)29(4)34-6)28-30(21)17-9-12-19(33-5)26-15-17/h7-12,15H,13-14H2,1-6H3,(H,25,32). The number of hydrogen-bond donors (Lipinski definition) is 1. The zero-order chi connectivity index (χ0) is 26.3. The van der Waals surface area contributed by atoms with Gasteiger partial charge in [-0.05, 0) is 51.1 Å². The van der Waals surface area contributed by atoms with Gasteiger partial charge in [0.05, 0.1) is 32.6 Å². The summed E-state index contributed by atoms with van der Waals surface area (Å²) in [6.07, 6.45) is 1.07. The molecule has 0 saturated heterocycles. The molecule has 3 rings (SSSR count). The number of hydrogen-bond acceptors (Lipinski definition) is 9. The zero-order valence-corrected chi connectivity index (χ0v) is 21.1. The summed E-state index contributed by atoms with van der Waals surface area (Å²) in [6.45, 7) is 5.93. The van der Waals surface area contributed by atoms with Crippen molar-refractivity contribution in [3.63, 3.8) is 0 Å². The normalized spacial score (nSPS) is 11.1. The van der Waals surface area contributed by atoms with Crippen molar-refractivity contribution in [3.05, 3.63) is 48.4 Å². The summed E-state index contributed by atoms with van der Waals surface area (Å²) in [5, 5.41) is 8.05. The highest BCUT2D eigenvalue weighted by molar-refractivity contribution is 5.90. The molecule has 3 aromatic rings. The fourth-order valence-electron chi connectivity index (χ4n) is 2.95. The number of rotatable bonds is 9. The smallest absolute Gasteiger partial charge is 0.407 e. The van der Waals surface area contributed by atoms with Gasteiger partial charge in [-0.1, -0.05) is 0 Å². The molecule has 2 amide bonds. The number of ether oxygens (including phenoxy) is 3. The highest BCUT2D eigenvalue weighted by Gasteiger charge is 2.22. The van der Waals surface area contributed by atoms with Crippen molar-refractivity contribution >= 4 is 12.0 Å². The van der Waals surface area contributed by atoms with Crippen LogP contribution in [0.5, 0.6) is 11.6 Å². The summed E-state index contributed by atoms with van der Waals surface area (Å²) in [5.74, 6) is 0.916. The van der Waals surface area contributed by atoms with Crippen LogP contribution >= 0.6 is 0 Å². The number of pyridine rings is 1. The van der Waals surface area contributed by atoms with E-state index in [9.17, 15) is 9.59 Å². The van der Waals surface area contributed by atoms with Gasteiger partial charge in [0.15, 0.2) is 5.82 Å². The lowest BCUT2D eigenvalue weighted by atomic mass is 10.2. The first-order valence-corrected chi connectivity index (χ1v) is 11.1. The van der Waals surface area contributed by atoms with Gasteiger partial charge in [-0.2, -0.15) is 0 Å². The molecule has 0 unspecified atom stereocenters. The van der Waals surface area contributed by atoms with Crippen LogP contribution in [-0.4, -0.2) is 76.8 Å². The minimum absolute atomic E-state index is 0.0429. The summed E-state index contributed by atoms with van der Waals surface area (Å²) < 4.78 is 17.5. The first kappa shape index (κ1) is 26.4. The van der Waals surface area contributed by atoms with Gasteiger partial charge in [0.1, 0.15) is 18.0 Å². The molecule has 12 heteroatoms. The van der Waals surface area contributed by atoms with Crippen LogP contribution in [0.1, 0.15) is 31.4 Å². The van der Waals surface area contributed by atoms with Crippen molar-refractivity contribution in [2.75, 3.05) is 34.4 Å². The van der Waals surface area contributed by atoms with Crippen LogP contribution in [0.25, 0.3) is 17.1 Å². The van der Waals surface area contributed by atoms with Crippen molar-refractivity contribution in [2.24, 2.45) is 0 Å². The van der Waals surface area contributed by atoms with E-state index in [-0.39, 0.29) is 19.0 Å². The molecule has 0 fully saturated rings. The minimum Gasteiger partial charge on any atom is -0.492 e. The molecular weight excluding hydrogens is 468 g/mol. The third kappa shape index (κ3) is 6.92. The fourth-order valence-corrected chi connectivity index (χ4v) is 2.95. The SMILES string of the molecule is COc1ccc(-n2nc(C(=O)N(C)OC)nc2-c2ccc(OCCNC(=O)OC(C)(C)C)cc2)cn1. The van der Waals surface area contributed by atoms with Crippen molar-refractivity contribution in [1.29, 1.82) is 0 Å². The number of aromatic nitrogens is 4. The minimum atomic E-state index is -0.563. The van der Waals surface area contributed by atoms with E-state index in [0.717, 1.165) is 5.06 Å². The molecule has 0 spiro atoms. The van der Waals surface area contributed by atoms with Crippen molar-refractivity contribution in [2.45, 2.75) is 26.4 Å². The van der Waals surface area contributed by atoms with E-state index in [1.54, 1.807) is 63.4 Å². The lowest BCUT2D eigenvalue weighted by Gasteiger charge is -2.19. The number of benzene rings is 1. The number of carbonyl (C=O) groups is 2. The van der Waals surface area contributed by atoms with Crippen LogP contribution in [0.3, 0.4) is 0 Å². The van der Waals surface area contributed by atoms with Gasteiger partial charge in [-0.25, -0.2) is 24.5 Å². The third-order valence-electron chi connectivity index (χ3n) is 4.68. The van der Waals surface area contributed by atoms with Crippen molar-refractivity contribution in [1.82, 2.24) is 30.1 Å². The summed E-state index contributed by atoms with van der Waals surface area (Å²) >= 11 is 0. The zero-order valence-electron chi connectivity index (χ0n) is 21.1. The maximum Gasteiger partial charge on any atom is 0.407 e. The monoisotopic (exact) mass is 498 g/mol. The Morgan fingerprint density at radius 2 is 1.81 bits per heavy atom. The Labute approximate surface area is 209 Å². The molecule has 0 aliphatic carbocycles. The van der Waals surface area contributed by atoms with Crippen LogP contribution in [0, 0.1) is 0 Å². The molecule has 0 atom stereocenters. The maximum absolute atomic E-state index is 12.6. The van der Waals surface area contributed by atoms with E-state index in [0.29, 0.717) is 28.7 Å². The molecular formula is C24H30N6O6. The molecule has 0 aliphatic heterocycles. The lowest BCUT2D eigenvalue weighted by Crippen LogP contribution is -2.34. The largest absolute Gasteiger partial charge is 0.492 e. The number of hydroxylamine groups is 2. The number of alkyl carbamates (subject to hydrolysis) is 1. The van der Waals surface area contributed by atoms with Crippen LogP contribution < -0.4 is 14.8 Å². The number of methoxy groups -OCH3 is 1. The highest BCUT2D eigenvalue weighted by atomic mass is 16.7. The van der Waals surface area contributed by atoms with E-state index >= 15 is 0 Å². The Balaban J connectivity index is 1.76. The number of nitrogens with zero attached hydrogens (tertiary/aromatic N) is 5. The quantitative estimate of drug-likeness (QED) is 0.350. The number of carbonyl (C=O) groups excluding carboxylic acids is 2. The Kier molecular flexibility index (Phi) is 8.43. The van der Waals surface area contributed by atoms with Gasteiger partial charge in [0, 0.05) is 18.7 Å². The molecule has 0 bridgehead atoms. The molecule has 2 heterocycles. The molecule has 1 N–H and O–H groups in total. The molecule has 36 heavy (non-hydrogen) atoms.